The SMILES string of the molecule is CCCc1ccc(SNc2ccc(CC(C)C(=O)O)cc2)cc1. The maximum Gasteiger partial charge on any atom is 0.306 e. The lowest BCUT2D eigenvalue weighted by molar-refractivity contribution is -0.141. The van der Waals surface area contributed by atoms with E-state index < -0.39 is 5.97 Å². The molecular weight excluding hydrogens is 306 g/mol. The fraction of sp³-hybridized carbons (Fsp3) is 0.316. The van der Waals surface area contributed by atoms with Crippen LogP contribution in [0.2, 0.25) is 0 Å². The highest BCUT2D eigenvalue weighted by Crippen LogP contribution is 2.22. The van der Waals surface area contributed by atoms with Gasteiger partial charge in [-0.05, 0) is 60.2 Å². The van der Waals surface area contributed by atoms with E-state index in [9.17, 15) is 4.79 Å². The van der Waals surface area contributed by atoms with E-state index in [0.717, 1.165) is 24.1 Å². The molecule has 1 atom stereocenters. The summed E-state index contributed by atoms with van der Waals surface area (Å²) in [7, 11) is 0. The first kappa shape index (κ1) is 17.4. The van der Waals surface area contributed by atoms with E-state index in [1.165, 1.54) is 10.5 Å². The standard InChI is InChI=1S/C19H23NO2S/c1-3-4-15-7-11-18(12-8-15)23-20-17-9-5-16(6-10-17)13-14(2)19(21)22/h5-12,14,20H,3-4,13H2,1-2H3,(H,21,22). The molecule has 0 bridgehead atoms. The minimum Gasteiger partial charge on any atom is -0.481 e. The number of aliphatic carboxylic acids is 1. The van der Waals surface area contributed by atoms with Gasteiger partial charge in [0.25, 0.3) is 0 Å². The number of hydrogen-bond acceptors (Lipinski definition) is 3. The van der Waals surface area contributed by atoms with Crippen LogP contribution in [0, 0.1) is 5.92 Å². The molecule has 3 nitrogen and oxygen atoms in total. The Bertz CT molecular complexity index is 623. The van der Waals surface area contributed by atoms with Crippen molar-refractivity contribution in [1.29, 1.82) is 0 Å². The number of benzene rings is 2. The number of rotatable bonds is 8. The Morgan fingerprint density at radius 3 is 2.26 bits per heavy atom. The fourth-order valence-corrected chi connectivity index (χ4v) is 2.92. The molecule has 0 fully saturated rings. The van der Waals surface area contributed by atoms with Crippen molar-refractivity contribution >= 4 is 23.6 Å². The van der Waals surface area contributed by atoms with Gasteiger partial charge in [0.1, 0.15) is 0 Å². The number of carboxylic acid groups (broad SMARTS) is 1. The predicted octanol–water partition coefficient (Wildman–Crippen LogP) is 5.02. The van der Waals surface area contributed by atoms with Crippen LogP contribution in [0.5, 0.6) is 0 Å². The van der Waals surface area contributed by atoms with Crippen molar-refractivity contribution in [2.24, 2.45) is 5.92 Å². The summed E-state index contributed by atoms with van der Waals surface area (Å²) in [6.45, 7) is 3.91. The van der Waals surface area contributed by atoms with E-state index >= 15 is 0 Å². The summed E-state index contributed by atoms with van der Waals surface area (Å²) in [5.41, 5.74) is 3.42. The summed E-state index contributed by atoms with van der Waals surface area (Å²) in [4.78, 5) is 12.1. The van der Waals surface area contributed by atoms with Crippen LogP contribution < -0.4 is 4.72 Å². The zero-order valence-electron chi connectivity index (χ0n) is 13.6. The Morgan fingerprint density at radius 1 is 1.09 bits per heavy atom. The molecule has 4 heteroatoms. The summed E-state index contributed by atoms with van der Waals surface area (Å²) in [5.74, 6) is -1.11. The van der Waals surface area contributed by atoms with E-state index in [2.05, 4.69) is 35.9 Å². The first-order valence-corrected chi connectivity index (χ1v) is 8.73. The topological polar surface area (TPSA) is 49.3 Å². The van der Waals surface area contributed by atoms with Gasteiger partial charge >= 0.3 is 5.97 Å². The van der Waals surface area contributed by atoms with E-state index in [0.29, 0.717) is 6.42 Å². The quantitative estimate of drug-likeness (QED) is 0.668. The van der Waals surface area contributed by atoms with Gasteiger partial charge in [0, 0.05) is 10.6 Å². The molecule has 0 aliphatic heterocycles. The van der Waals surface area contributed by atoms with E-state index in [4.69, 9.17) is 5.11 Å². The average Bonchev–Trinajstić information content (AvgIpc) is 2.55. The van der Waals surface area contributed by atoms with Crippen molar-refractivity contribution in [2.45, 2.75) is 38.0 Å². The Balaban J connectivity index is 1.87. The highest BCUT2D eigenvalue weighted by atomic mass is 32.2. The molecule has 122 valence electrons. The Kier molecular flexibility index (Phi) is 6.53. The number of aryl methyl sites for hydroxylation is 1. The van der Waals surface area contributed by atoms with Gasteiger partial charge < -0.3 is 9.83 Å². The molecule has 0 aliphatic carbocycles. The lowest BCUT2D eigenvalue weighted by atomic mass is 10.0. The molecule has 2 rings (SSSR count). The van der Waals surface area contributed by atoms with Gasteiger partial charge in [0.15, 0.2) is 0 Å². The molecule has 0 saturated heterocycles. The smallest absolute Gasteiger partial charge is 0.306 e. The van der Waals surface area contributed by atoms with E-state index in [1.54, 1.807) is 18.9 Å². The van der Waals surface area contributed by atoms with E-state index in [1.807, 2.05) is 24.3 Å². The second-order valence-corrected chi connectivity index (χ2v) is 6.62. The molecule has 23 heavy (non-hydrogen) atoms. The number of carbonyl (C=O) groups is 1. The number of anilines is 1. The van der Waals surface area contributed by atoms with Crippen LogP contribution in [0.1, 0.15) is 31.4 Å². The average molecular weight is 329 g/mol. The van der Waals surface area contributed by atoms with Crippen LogP contribution in [0.4, 0.5) is 5.69 Å². The minimum atomic E-state index is -0.755. The highest BCUT2D eigenvalue weighted by Gasteiger charge is 2.11. The molecule has 1 unspecified atom stereocenters. The van der Waals surface area contributed by atoms with Gasteiger partial charge in [-0.2, -0.15) is 0 Å². The van der Waals surface area contributed by atoms with Crippen LogP contribution in [0.25, 0.3) is 0 Å². The van der Waals surface area contributed by atoms with Gasteiger partial charge in [-0.15, -0.1) is 0 Å². The van der Waals surface area contributed by atoms with Crippen molar-refractivity contribution in [1.82, 2.24) is 0 Å². The zero-order valence-corrected chi connectivity index (χ0v) is 14.4. The van der Waals surface area contributed by atoms with Crippen molar-refractivity contribution in [2.75, 3.05) is 4.72 Å². The van der Waals surface area contributed by atoms with Crippen molar-refractivity contribution in [3.8, 4) is 0 Å². The van der Waals surface area contributed by atoms with Crippen molar-refractivity contribution in [3.63, 3.8) is 0 Å². The third-order valence-electron chi connectivity index (χ3n) is 3.67. The van der Waals surface area contributed by atoms with Crippen molar-refractivity contribution < 1.29 is 9.90 Å². The molecule has 0 amide bonds. The summed E-state index contributed by atoms with van der Waals surface area (Å²) >= 11 is 1.58. The first-order valence-electron chi connectivity index (χ1n) is 7.92. The van der Waals surface area contributed by atoms with Gasteiger partial charge in [-0.1, -0.05) is 44.5 Å². The van der Waals surface area contributed by atoms with Crippen LogP contribution >= 0.6 is 11.9 Å². The highest BCUT2D eigenvalue weighted by molar-refractivity contribution is 8.00. The van der Waals surface area contributed by atoms with Crippen LogP contribution in [0.15, 0.2) is 53.4 Å². The summed E-state index contributed by atoms with van der Waals surface area (Å²) < 4.78 is 3.32. The van der Waals surface area contributed by atoms with Crippen molar-refractivity contribution in [3.05, 3.63) is 59.7 Å². The zero-order chi connectivity index (χ0) is 16.7. The van der Waals surface area contributed by atoms with Gasteiger partial charge in [-0.25, -0.2) is 0 Å². The number of carboxylic acids is 1. The van der Waals surface area contributed by atoms with Crippen LogP contribution in [0.3, 0.4) is 0 Å². The molecule has 2 N–H and O–H groups in total. The van der Waals surface area contributed by atoms with Gasteiger partial charge in [0.2, 0.25) is 0 Å². The van der Waals surface area contributed by atoms with Crippen LogP contribution in [-0.2, 0) is 17.6 Å². The lowest BCUT2D eigenvalue weighted by Gasteiger charge is -2.09. The third kappa shape index (κ3) is 5.64. The molecule has 0 heterocycles. The second kappa shape index (κ2) is 8.63. The maximum absolute atomic E-state index is 10.9. The first-order chi connectivity index (χ1) is 11.1. The molecule has 0 radical (unpaired) electrons. The predicted molar refractivity (Wildman–Crippen MR) is 96.9 cm³/mol. The normalized spacial score (nSPS) is 11.9. The number of hydrogen-bond donors (Lipinski definition) is 2. The summed E-state index contributed by atoms with van der Waals surface area (Å²) in [6, 6.07) is 16.5. The molecule has 0 aromatic heterocycles. The van der Waals surface area contributed by atoms with Crippen LogP contribution in [-0.4, -0.2) is 11.1 Å². The molecule has 2 aromatic carbocycles. The molecule has 0 spiro atoms. The Labute approximate surface area is 142 Å². The van der Waals surface area contributed by atoms with Gasteiger partial charge in [-0.3, -0.25) is 4.79 Å². The minimum absolute atomic E-state index is 0.357. The molecule has 0 aliphatic rings. The Morgan fingerprint density at radius 2 is 1.70 bits per heavy atom. The lowest BCUT2D eigenvalue weighted by Crippen LogP contribution is -2.12. The molecule has 0 saturated carbocycles. The van der Waals surface area contributed by atoms with Gasteiger partial charge in [0.05, 0.1) is 5.92 Å². The fourth-order valence-electron chi connectivity index (χ4n) is 2.28. The summed E-state index contributed by atoms with van der Waals surface area (Å²) in [5, 5.41) is 8.95. The molecule has 2 aromatic rings. The van der Waals surface area contributed by atoms with E-state index in [-0.39, 0.29) is 5.92 Å². The second-order valence-electron chi connectivity index (χ2n) is 5.74. The third-order valence-corrected chi connectivity index (χ3v) is 4.51. The Hall–Kier alpha value is -1.94. The maximum atomic E-state index is 10.9. The summed E-state index contributed by atoms with van der Waals surface area (Å²) in [6.07, 6.45) is 2.84. The number of nitrogens with one attached hydrogen (secondary N) is 1. The largest absolute Gasteiger partial charge is 0.481 e. The monoisotopic (exact) mass is 329 g/mol. The molecular formula is C19H23NO2S.